The smallest absolute Gasteiger partial charge is 0.277 e. The van der Waals surface area contributed by atoms with E-state index < -0.39 is 0 Å². The Balaban J connectivity index is 1.46. The van der Waals surface area contributed by atoms with E-state index in [4.69, 9.17) is 0 Å². The number of aromatic nitrogens is 3. The van der Waals surface area contributed by atoms with Crippen molar-refractivity contribution >= 4 is 16.8 Å². The van der Waals surface area contributed by atoms with Gasteiger partial charge < -0.3 is 4.90 Å². The number of carbonyl (C=O) groups excluding carboxylic acids is 1. The van der Waals surface area contributed by atoms with Crippen molar-refractivity contribution in [1.29, 1.82) is 0 Å². The van der Waals surface area contributed by atoms with Crippen molar-refractivity contribution in [3.8, 4) is 0 Å². The summed E-state index contributed by atoms with van der Waals surface area (Å²) in [5.74, 6) is 0.0555. The predicted octanol–water partition coefficient (Wildman–Crippen LogP) is 2.68. The minimum atomic E-state index is -0.204. The van der Waals surface area contributed by atoms with Gasteiger partial charge in [0.2, 0.25) is 5.91 Å². The Kier molecular flexibility index (Phi) is 4.71. The maximum Gasteiger partial charge on any atom is 0.277 e. The van der Waals surface area contributed by atoms with Crippen molar-refractivity contribution in [2.24, 2.45) is 0 Å². The van der Waals surface area contributed by atoms with Crippen molar-refractivity contribution in [2.45, 2.75) is 45.3 Å². The number of fused-ring (bicyclic) bond motifs is 1. The fraction of sp³-hybridized carbons (Fsp3) is 0.333. The molecule has 3 aromatic rings. The second kappa shape index (κ2) is 7.31. The van der Waals surface area contributed by atoms with Crippen LogP contribution in [0.3, 0.4) is 0 Å². The summed E-state index contributed by atoms with van der Waals surface area (Å²) < 4.78 is 1.29. The first-order valence-corrected chi connectivity index (χ1v) is 9.29. The predicted molar refractivity (Wildman–Crippen MR) is 103 cm³/mol. The van der Waals surface area contributed by atoms with Gasteiger partial charge in [0.15, 0.2) is 0 Å². The van der Waals surface area contributed by atoms with Gasteiger partial charge in [-0.3, -0.25) is 9.59 Å². The molecule has 1 saturated carbocycles. The van der Waals surface area contributed by atoms with Crippen molar-refractivity contribution in [3.63, 3.8) is 0 Å². The van der Waals surface area contributed by atoms with Crippen LogP contribution in [0.25, 0.3) is 10.9 Å². The lowest BCUT2D eigenvalue weighted by Gasteiger charge is -2.23. The summed E-state index contributed by atoms with van der Waals surface area (Å²) in [5.41, 5.74) is 2.70. The number of rotatable bonds is 6. The molecule has 0 aliphatic heterocycles. The van der Waals surface area contributed by atoms with Crippen molar-refractivity contribution in [1.82, 2.24) is 19.9 Å². The fourth-order valence-electron chi connectivity index (χ4n) is 3.21. The monoisotopic (exact) mass is 362 g/mol. The van der Waals surface area contributed by atoms with Gasteiger partial charge in [-0.15, -0.1) is 5.10 Å². The number of hydrogen-bond donors (Lipinski definition) is 0. The summed E-state index contributed by atoms with van der Waals surface area (Å²) in [6.07, 6.45) is 2.34. The van der Waals surface area contributed by atoms with Crippen molar-refractivity contribution in [2.75, 3.05) is 0 Å². The highest BCUT2D eigenvalue weighted by atomic mass is 16.2. The lowest BCUT2D eigenvalue weighted by atomic mass is 10.1. The maximum atomic E-state index is 12.8. The standard InChI is InChI=1S/C21H22N4O2/c1-15-6-8-16(9-7-15)14-24(17-10-11-17)20(26)12-13-25-21(27)18-4-2-3-5-19(18)22-23-25/h2-9,17H,10-14H2,1H3. The topological polar surface area (TPSA) is 68.1 Å². The molecule has 0 spiro atoms. The van der Waals surface area contributed by atoms with E-state index in [1.807, 2.05) is 11.0 Å². The van der Waals surface area contributed by atoms with Crippen LogP contribution in [0, 0.1) is 6.92 Å². The van der Waals surface area contributed by atoms with Crippen LogP contribution in [0.5, 0.6) is 0 Å². The van der Waals surface area contributed by atoms with Crippen LogP contribution in [0.15, 0.2) is 53.3 Å². The van der Waals surface area contributed by atoms with E-state index >= 15 is 0 Å². The number of nitrogens with zero attached hydrogens (tertiary/aromatic N) is 4. The SMILES string of the molecule is Cc1ccc(CN(C(=O)CCn2nnc3ccccc3c2=O)C2CC2)cc1. The highest BCUT2D eigenvalue weighted by molar-refractivity contribution is 5.77. The van der Waals surface area contributed by atoms with Crippen LogP contribution in [0.4, 0.5) is 0 Å². The molecule has 6 nitrogen and oxygen atoms in total. The average Bonchev–Trinajstić information content (AvgIpc) is 3.52. The molecular weight excluding hydrogens is 340 g/mol. The van der Waals surface area contributed by atoms with Crippen LogP contribution >= 0.6 is 0 Å². The number of amides is 1. The first-order chi connectivity index (χ1) is 13.1. The van der Waals surface area contributed by atoms with E-state index in [9.17, 15) is 9.59 Å². The molecule has 1 fully saturated rings. The third-order valence-corrected chi connectivity index (χ3v) is 4.95. The van der Waals surface area contributed by atoms with Crippen LogP contribution in [-0.2, 0) is 17.9 Å². The van der Waals surface area contributed by atoms with Gasteiger partial charge in [0, 0.05) is 19.0 Å². The molecule has 0 bridgehead atoms. The number of benzene rings is 2. The molecule has 0 saturated heterocycles. The Morgan fingerprint density at radius 3 is 2.63 bits per heavy atom. The van der Waals surface area contributed by atoms with Crippen LogP contribution < -0.4 is 5.56 Å². The Hall–Kier alpha value is -3.02. The molecule has 0 atom stereocenters. The highest BCUT2D eigenvalue weighted by Gasteiger charge is 2.32. The zero-order chi connectivity index (χ0) is 18.8. The van der Waals surface area contributed by atoms with Gasteiger partial charge in [-0.25, -0.2) is 4.68 Å². The molecule has 1 aliphatic carbocycles. The van der Waals surface area contributed by atoms with E-state index in [0.717, 1.165) is 18.4 Å². The van der Waals surface area contributed by atoms with E-state index in [0.29, 0.717) is 23.5 Å². The van der Waals surface area contributed by atoms with Crippen molar-refractivity contribution in [3.05, 3.63) is 70.0 Å². The Labute approximate surface area is 157 Å². The molecule has 0 unspecified atom stereocenters. The quantitative estimate of drug-likeness (QED) is 0.676. The molecule has 1 aromatic heterocycles. The molecule has 1 amide bonds. The van der Waals surface area contributed by atoms with Gasteiger partial charge in [0.05, 0.1) is 11.9 Å². The number of aryl methyl sites for hydroxylation is 2. The normalized spacial score (nSPS) is 13.7. The summed E-state index contributed by atoms with van der Waals surface area (Å²) in [7, 11) is 0. The third kappa shape index (κ3) is 3.89. The Bertz CT molecular complexity index is 1020. The summed E-state index contributed by atoms with van der Waals surface area (Å²) >= 11 is 0. The molecule has 6 heteroatoms. The Morgan fingerprint density at radius 2 is 1.89 bits per heavy atom. The summed E-state index contributed by atoms with van der Waals surface area (Å²) in [6, 6.07) is 15.7. The van der Waals surface area contributed by atoms with Crippen LogP contribution in [0.1, 0.15) is 30.4 Å². The average molecular weight is 362 g/mol. The molecule has 1 aliphatic rings. The minimum Gasteiger partial charge on any atom is -0.335 e. The molecule has 2 aromatic carbocycles. The second-order valence-electron chi connectivity index (χ2n) is 7.12. The lowest BCUT2D eigenvalue weighted by Crippen LogP contribution is -2.34. The van der Waals surface area contributed by atoms with Gasteiger partial charge >= 0.3 is 0 Å². The van der Waals surface area contributed by atoms with E-state index in [2.05, 4.69) is 41.5 Å². The van der Waals surface area contributed by atoms with Gasteiger partial charge in [-0.2, -0.15) is 0 Å². The van der Waals surface area contributed by atoms with E-state index in [1.54, 1.807) is 18.2 Å². The highest BCUT2D eigenvalue weighted by Crippen LogP contribution is 2.29. The summed E-state index contributed by atoms with van der Waals surface area (Å²) in [5, 5.41) is 8.58. The minimum absolute atomic E-state index is 0.0555. The van der Waals surface area contributed by atoms with E-state index in [1.165, 1.54) is 10.2 Å². The molecule has 138 valence electrons. The zero-order valence-electron chi connectivity index (χ0n) is 15.3. The van der Waals surface area contributed by atoms with Crippen molar-refractivity contribution < 1.29 is 4.79 Å². The van der Waals surface area contributed by atoms with Crippen LogP contribution in [-0.4, -0.2) is 31.8 Å². The van der Waals surface area contributed by atoms with Gasteiger partial charge in [-0.1, -0.05) is 47.2 Å². The zero-order valence-corrected chi connectivity index (χ0v) is 15.3. The summed E-state index contributed by atoms with van der Waals surface area (Å²) in [4.78, 5) is 27.3. The third-order valence-electron chi connectivity index (χ3n) is 4.95. The largest absolute Gasteiger partial charge is 0.335 e. The van der Waals surface area contributed by atoms with Gasteiger partial charge in [0.25, 0.3) is 5.56 Å². The fourth-order valence-corrected chi connectivity index (χ4v) is 3.21. The molecule has 1 heterocycles. The summed E-state index contributed by atoms with van der Waals surface area (Å²) in [6.45, 7) is 2.91. The number of hydrogen-bond acceptors (Lipinski definition) is 4. The molecule has 0 radical (unpaired) electrons. The van der Waals surface area contributed by atoms with Crippen LogP contribution in [0.2, 0.25) is 0 Å². The molecule has 0 N–H and O–H groups in total. The first-order valence-electron chi connectivity index (χ1n) is 9.29. The maximum absolute atomic E-state index is 12.8. The first kappa shape index (κ1) is 17.4. The molecule has 27 heavy (non-hydrogen) atoms. The van der Waals surface area contributed by atoms with E-state index in [-0.39, 0.29) is 24.4 Å². The van der Waals surface area contributed by atoms with Gasteiger partial charge in [-0.05, 0) is 37.5 Å². The number of carbonyl (C=O) groups is 1. The lowest BCUT2D eigenvalue weighted by molar-refractivity contribution is -0.132. The molecule has 4 rings (SSSR count). The van der Waals surface area contributed by atoms with Gasteiger partial charge in [0.1, 0.15) is 5.52 Å². The second-order valence-corrected chi connectivity index (χ2v) is 7.12. The molecular formula is C21H22N4O2. The Morgan fingerprint density at radius 1 is 1.15 bits per heavy atom.